The van der Waals surface area contributed by atoms with Gasteiger partial charge in [0.15, 0.2) is 0 Å². The maximum atomic E-state index is 11.9. The lowest BCUT2D eigenvalue weighted by Crippen LogP contribution is -2.16. The van der Waals surface area contributed by atoms with Crippen LogP contribution in [0.25, 0.3) is 11.1 Å². The first-order valence-electron chi connectivity index (χ1n) is 7.53. The summed E-state index contributed by atoms with van der Waals surface area (Å²) < 4.78 is 10.4. The summed E-state index contributed by atoms with van der Waals surface area (Å²) in [7, 11) is 1.59. The van der Waals surface area contributed by atoms with Crippen LogP contribution in [0, 0.1) is 0 Å². The van der Waals surface area contributed by atoms with Gasteiger partial charge in [0, 0.05) is 5.69 Å². The van der Waals surface area contributed by atoms with E-state index < -0.39 is 6.09 Å². The normalized spacial score (nSPS) is 10.0. The van der Waals surface area contributed by atoms with E-state index in [4.69, 9.17) is 9.47 Å². The summed E-state index contributed by atoms with van der Waals surface area (Å²) in [5.74, 6) is 1.21. The van der Waals surface area contributed by atoms with Crippen LogP contribution in [0.2, 0.25) is 0 Å². The number of carbonyl (C=O) groups excluding carboxylic acids is 1. The maximum Gasteiger partial charge on any atom is 0.417 e. The highest BCUT2D eigenvalue weighted by Gasteiger charge is 2.06. The zero-order chi connectivity index (χ0) is 16.8. The van der Waals surface area contributed by atoms with E-state index in [0.717, 1.165) is 16.9 Å². The second-order valence-corrected chi connectivity index (χ2v) is 5.13. The molecule has 0 aliphatic rings. The van der Waals surface area contributed by atoms with Gasteiger partial charge < -0.3 is 9.47 Å². The molecule has 4 heteroatoms. The second-order valence-electron chi connectivity index (χ2n) is 5.13. The molecule has 0 radical (unpaired) electrons. The van der Waals surface area contributed by atoms with Crippen molar-refractivity contribution < 1.29 is 14.3 Å². The van der Waals surface area contributed by atoms with Crippen molar-refractivity contribution in [3.05, 3.63) is 78.9 Å². The Balaban J connectivity index is 1.62. The van der Waals surface area contributed by atoms with Crippen molar-refractivity contribution in [1.29, 1.82) is 0 Å². The van der Waals surface area contributed by atoms with Crippen molar-refractivity contribution in [2.75, 3.05) is 12.4 Å². The molecule has 3 rings (SSSR count). The topological polar surface area (TPSA) is 47.6 Å². The first kappa shape index (κ1) is 15.6. The molecule has 0 atom stereocenters. The molecule has 0 saturated heterocycles. The molecule has 0 bridgehead atoms. The zero-order valence-corrected chi connectivity index (χ0v) is 13.2. The van der Waals surface area contributed by atoms with Crippen LogP contribution < -0.4 is 14.8 Å². The summed E-state index contributed by atoms with van der Waals surface area (Å²) in [4.78, 5) is 11.9. The average molecular weight is 319 g/mol. The summed E-state index contributed by atoms with van der Waals surface area (Å²) in [6, 6.07) is 24.4. The minimum Gasteiger partial charge on any atom is -0.497 e. The Hall–Kier alpha value is -3.27. The van der Waals surface area contributed by atoms with Gasteiger partial charge in [0.1, 0.15) is 11.5 Å². The molecule has 0 unspecified atom stereocenters. The van der Waals surface area contributed by atoms with E-state index in [-0.39, 0.29) is 0 Å². The molecule has 0 aliphatic carbocycles. The first-order chi connectivity index (χ1) is 11.7. The van der Waals surface area contributed by atoms with Crippen molar-refractivity contribution in [3.63, 3.8) is 0 Å². The summed E-state index contributed by atoms with van der Waals surface area (Å²) in [5.41, 5.74) is 2.83. The van der Waals surface area contributed by atoms with Crippen molar-refractivity contribution in [2.45, 2.75) is 0 Å². The highest BCUT2D eigenvalue weighted by molar-refractivity contribution is 5.86. The number of amides is 1. The van der Waals surface area contributed by atoms with Gasteiger partial charge in [-0.3, -0.25) is 5.32 Å². The van der Waals surface area contributed by atoms with Crippen molar-refractivity contribution in [3.8, 4) is 22.6 Å². The van der Waals surface area contributed by atoms with Gasteiger partial charge >= 0.3 is 6.09 Å². The van der Waals surface area contributed by atoms with Gasteiger partial charge in [-0.05, 0) is 47.5 Å². The van der Waals surface area contributed by atoms with E-state index in [0.29, 0.717) is 11.4 Å². The molecule has 3 aromatic carbocycles. The number of hydrogen-bond acceptors (Lipinski definition) is 3. The summed E-state index contributed by atoms with van der Waals surface area (Å²) in [5, 5.41) is 2.67. The molecule has 120 valence electrons. The van der Waals surface area contributed by atoms with E-state index in [2.05, 4.69) is 5.32 Å². The quantitative estimate of drug-likeness (QED) is 0.738. The average Bonchev–Trinajstić information content (AvgIpc) is 2.64. The van der Waals surface area contributed by atoms with Crippen LogP contribution in [0.3, 0.4) is 0 Å². The van der Waals surface area contributed by atoms with E-state index in [1.807, 2.05) is 42.5 Å². The Morgan fingerprint density at radius 1 is 0.750 bits per heavy atom. The lowest BCUT2D eigenvalue weighted by Gasteiger charge is -2.08. The third kappa shape index (κ3) is 3.93. The molecule has 0 aliphatic heterocycles. The highest BCUT2D eigenvalue weighted by atomic mass is 16.6. The van der Waals surface area contributed by atoms with Crippen molar-refractivity contribution >= 4 is 11.8 Å². The summed E-state index contributed by atoms with van der Waals surface area (Å²) in [6.45, 7) is 0. The Morgan fingerprint density at radius 3 is 1.96 bits per heavy atom. The monoisotopic (exact) mass is 319 g/mol. The Kier molecular flexibility index (Phi) is 4.77. The number of hydrogen-bond donors (Lipinski definition) is 1. The molecule has 0 aromatic heterocycles. The van der Waals surface area contributed by atoms with Gasteiger partial charge in [0.25, 0.3) is 0 Å². The first-order valence-corrected chi connectivity index (χ1v) is 7.53. The van der Waals surface area contributed by atoms with Crippen molar-refractivity contribution in [1.82, 2.24) is 0 Å². The van der Waals surface area contributed by atoms with Crippen LogP contribution in [0.15, 0.2) is 78.9 Å². The lowest BCUT2D eigenvalue weighted by atomic mass is 10.1. The van der Waals surface area contributed by atoms with Gasteiger partial charge in [-0.2, -0.15) is 0 Å². The maximum absolute atomic E-state index is 11.9. The molecule has 0 saturated carbocycles. The fourth-order valence-electron chi connectivity index (χ4n) is 2.27. The fourth-order valence-corrected chi connectivity index (χ4v) is 2.27. The number of anilines is 1. The Bertz CT molecular complexity index is 797. The molecule has 0 spiro atoms. The summed E-state index contributed by atoms with van der Waals surface area (Å²) in [6.07, 6.45) is -0.535. The number of methoxy groups -OCH3 is 1. The predicted molar refractivity (Wildman–Crippen MR) is 94.5 cm³/mol. The largest absolute Gasteiger partial charge is 0.497 e. The zero-order valence-electron chi connectivity index (χ0n) is 13.2. The summed E-state index contributed by atoms with van der Waals surface area (Å²) >= 11 is 0. The molecule has 0 heterocycles. The van der Waals surface area contributed by atoms with Crippen LogP contribution in [0.4, 0.5) is 10.5 Å². The SMILES string of the molecule is COc1ccc(NC(=O)Oc2ccc(-c3ccccc3)cc2)cc1. The predicted octanol–water partition coefficient (Wildman–Crippen LogP) is 4.97. The van der Waals surface area contributed by atoms with Crippen LogP contribution in [0.1, 0.15) is 0 Å². The second kappa shape index (κ2) is 7.33. The lowest BCUT2D eigenvalue weighted by molar-refractivity contribution is 0.215. The van der Waals surface area contributed by atoms with Crippen LogP contribution in [-0.4, -0.2) is 13.2 Å². The Morgan fingerprint density at radius 2 is 1.33 bits per heavy atom. The molecule has 0 fully saturated rings. The molecule has 1 amide bonds. The molecule has 3 aromatic rings. The third-order valence-electron chi connectivity index (χ3n) is 3.51. The third-order valence-corrected chi connectivity index (χ3v) is 3.51. The number of rotatable bonds is 4. The molecular weight excluding hydrogens is 302 g/mol. The van der Waals surface area contributed by atoms with Crippen LogP contribution in [0.5, 0.6) is 11.5 Å². The van der Waals surface area contributed by atoms with Gasteiger partial charge in [-0.25, -0.2) is 4.79 Å². The van der Waals surface area contributed by atoms with E-state index in [1.54, 1.807) is 43.5 Å². The molecule has 24 heavy (non-hydrogen) atoms. The minimum atomic E-state index is -0.535. The minimum absolute atomic E-state index is 0.487. The van der Waals surface area contributed by atoms with Gasteiger partial charge in [0.2, 0.25) is 0 Å². The highest BCUT2D eigenvalue weighted by Crippen LogP contribution is 2.22. The Labute approximate surface area is 140 Å². The van der Waals surface area contributed by atoms with Crippen molar-refractivity contribution in [2.24, 2.45) is 0 Å². The molecule has 1 N–H and O–H groups in total. The smallest absolute Gasteiger partial charge is 0.417 e. The van der Waals surface area contributed by atoms with Crippen LogP contribution >= 0.6 is 0 Å². The van der Waals surface area contributed by atoms with Gasteiger partial charge in [0.05, 0.1) is 7.11 Å². The van der Waals surface area contributed by atoms with E-state index in [1.165, 1.54) is 0 Å². The standard InChI is InChI=1S/C20H17NO3/c1-23-18-13-9-17(10-14-18)21-20(22)24-19-11-7-16(8-12-19)15-5-3-2-4-6-15/h2-14H,1H3,(H,21,22). The number of ether oxygens (including phenoxy) is 2. The number of nitrogens with one attached hydrogen (secondary N) is 1. The van der Waals surface area contributed by atoms with Gasteiger partial charge in [-0.15, -0.1) is 0 Å². The number of benzene rings is 3. The fraction of sp³-hybridized carbons (Fsp3) is 0.0500. The molecular formula is C20H17NO3. The van der Waals surface area contributed by atoms with E-state index in [9.17, 15) is 4.79 Å². The molecule has 4 nitrogen and oxygen atoms in total. The van der Waals surface area contributed by atoms with Gasteiger partial charge in [-0.1, -0.05) is 42.5 Å². The van der Waals surface area contributed by atoms with Crippen LogP contribution in [-0.2, 0) is 0 Å². The van der Waals surface area contributed by atoms with E-state index >= 15 is 0 Å². The number of carbonyl (C=O) groups is 1.